The first-order valence-corrected chi connectivity index (χ1v) is 11.2. The van der Waals surface area contributed by atoms with Crippen LogP contribution in [-0.2, 0) is 11.2 Å². The first kappa shape index (κ1) is 20.5. The summed E-state index contributed by atoms with van der Waals surface area (Å²) in [7, 11) is 0. The van der Waals surface area contributed by atoms with Gasteiger partial charge in [-0.05, 0) is 56.0 Å². The van der Waals surface area contributed by atoms with E-state index in [4.69, 9.17) is 0 Å². The van der Waals surface area contributed by atoms with Crippen LogP contribution in [0.2, 0.25) is 0 Å². The Labute approximate surface area is 181 Å². The molecule has 156 valence electrons. The van der Waals surface area contributed by atoms with Gasteiger partial charge in [0.1, 0.15) is 5.25 Å². The molecule has 2 atom stereocenters. The van der Waals surface area contributed by atoms with Gasteiger partial charge in [0.15, 0.2) is 5.82 Å². The predicted octanol–water partition coefficient (Wildman–Crippen LogP) is 4.55. The third-order valence-corrected chi connectivity index (χ3v) is 6.66. The molecule has 2 aromatic carbocycles. The summed E-state index contributed by atoms with van der Waals surface area (Å²) in [6.07, 6.45) is 1.82. The SMILES string of the molecule is CCCc1nnc2n1N[C@@H](c1ccc(C)cc1)[C@H](C(=O)Nc1ccc(C)c(C)c1)S2. The van der Waals surface area contributed by atoms with Crippen molar-refractivity contribution in [1.29, 1.82) is 0 Å². The van der Waals surface area contributed by atoms with Crippen LogP contribution >= 0.6 is 11.8 Å². The zero-order chi connectivity index (χ0) is 21.3. The van der Waals surface area contributed by atoms with Gasteiger partial charge in [-0.2, -0.15) is 0 Å². The van der Waals surface area contributed by atoms with Crippen molar-refractivity contribution in [2.75, 3.05) is 10.7 Å². The van der Waals surface area contributed by atoms with Gasteiger partial charge in [-0.15, -0.1) is 10.2 Å². The van der Waals surface area contributed by atoms with E-state index in [-0.39, 0.29) is 17.2 Å². The first-order valence-electron chi connectivity index (χ1n) is 10.3. The van der Waals surface area contributed by atoms with Gasteiger partial charge in [-0.3, -0.25) is 4.79 Å². The number of nitrogens with zero attached hydrogens (tertiary/aromatic N) is 3. The molecule has 2 N–H and O–H groups in total. The van der Waals surface area contributed by atoms with E-state index in [9.17, 15) is 4.79 Å². The lowest BCUT2D eigenvalue weighted by atomic mass is 10.0. The maximum atomic E-state index is 13.3. The molecule has 0 aliphatic carbocycles. The van der Waals surface area contributed by atoms with Gasteiger partial charge < -0.3 is 10.7 Å². The molecule has 3 aromatic rings. The molecular weight excluding hydrogens is 394 g/mol. The lowest BCUT2D eigenvalue weighted by molar-refractivity contribution is -0.116. The average molecular weight is 422 g/mol. The zero-order valence-electron chi connectivity index (χ0n) is 17.8. The van der Waals surface area contributed by atoms with Crippen LogP contribution in [-0.4, -0.2) is 26.0 Å². The molecule has 0 bridgehead atoms. The van der Waals surface area contributed by atoms with Gasteiger partial charge >= 0.3 is 0 Å². The fraction of sp³-hybridized carbons (Fsp3) is 0.348. The van der Waals surface area contributed by atoms with E-state index < -0.39 is 0 Å². The number of fused-ring (bicyclic) bond motifs is 1. The summed E-state index contributed by atoms with van der Waals surface area (Å²) in [6.45, 7) is 8.30. The van der Waals surface area contributed by atoms with Crippen LogP contribution in [0.1, 0.15) is 47.5 Å². The van der Waals surface area contributed by atoms with E-state index >= 15 is 0 Å². The number of carbonyl (C=O) groups is 1. The molecule has 0 radical (unpaired) electrons. The van der Waals surface area contributed by atoms with Crippen molar-refractivity contribution in [2.24, 2.45) is 0 Å². The van der Waals surface area contributed by atoms with E-state index in [1.54, 1.807) is 0 Å². The quantitative estimate of drug-likeness (QED) is 0.632. The highest BCUT2D eigenvalue weighted by atomic mass is 32.2. The minimum absolute atomic E-state index is 0.0485. The van der Waals surface area contributed by atoms with Crippen LogP contribution in [0.4, 0.5) is 5.69 Å². The van der Waals surface area contributed by atoms with E-state index in [0.29, 0.717) is 0 Å². The largest absolute Gasteiger partial charge is 0.325 e. The number of rotatable bonds is 5. The minimum atomic E-state index is -0.375. The van der Waals surface area contributed by atoms with Gasteiger partial charge in [0, 0.05) is 12.1 Å². The molecule has 1 amide bonds. The fourth-order valence-electron chi connectivity index (χ4n) is 3.54. The molecule has 1 aliphatic rings. The summed E-state index contributed by atoms with van der Waals surface area (Å²) in [6, 6.07) is 14.1. The predicted molar refractivity (Wildman–Crippen MR) is 121 cm³/mol. The number of nitrogens with one attached hydrogen (secondary N) is 2. The number of aromatic nitrogens is 3. The molecule has 6 nitrogen and oxygen atoms in total. The van der Waals surface area contributed by atoms with Crippen molar-refractivity contribution in [3.05, 3.63) is 70.5 Å². The fourth-order valence-corrected chi connectivity index (χ4v) is 4.64. The van der Waals surface area contributed by atoms with Crippen LogP contribution in [0.15, 0.2) is 47.6 Å². The van der Waals surface area contributed by atoms with Crippen molar-refractivity contribution >= 4 is 23.4 Å². The zero-order valence-corrected chi connectivity index (χ0v) is 18.6. The monoisotopic (exact) mass is 421 g/mol. The summed E-state index contributed by atoms with van der Waals surface area (Å²) in [4.78, 5) is 13.3. The van der Waals surface area contributed by atoms with Gasteiger partial charge in [0.05, 0.1) is 6.04 Å². The second kappa shape index (κ2) is 8.52. The highest BCUT2D eigenvalue weighted by Gasteiger charge is 2.37. The smallest absolute Gasteiger partial charge is 0.240 e. The molecule has 1 aliphatic heterocycles. The molecular formula is C23H27N5OS. The summed E-state index contributed by atoms with van der Waals surface area (Å²) in [5.41, 5.74) is 8.94. The Balaban J connectivity index is 1.66. The summed E-state index contributed by atoms with van der Waals surface area (Å²) in [5.74, 6) is 0.845. The topological polar surface area (TPSA) is 71.8 Å². The number of carbonyl (C=O) groups excluding carboxylic acids is 1. The minimum Gasteiger partial charge on any atom is -0.325 e. The van der Waals surface area contributed by atoms with Gasteiger partial charge in [-0.1, -0.05) is 54.6 Å². The normalized spacial score (nSPS) is 17.9. The molecule has 30 heavy (non-hydrogen) atoms. The van der Waals surface area contributed by atoms with Crippen molar-refractivity contribution in [2.45, 2.75) is 57.0 Å². The number of aryl methyl sites for hydroxylation is 4. The van der Waals surface area contributed by atoms with Gasteiger partial charge in [-0.25, -0.2) is 4.68 Å². The maximum Gasteiger partial charge on any atom is 0.240 e. The second-order valence-electron chi connectivity index (χ2n) is 7.83. The maximum absolute atomic E-state index is 13.3. The number of thioether (sulfide) groups is 1. The van der Waals surface area contributed by atoms with Gasteiger partial charge in [0.2, 0.25) is 11.1 Å². The van der Waals surface area contributed by atoms with E-state index in [0.717, 1.165) is 40.6 Å². The molecule has 1 aromatic heterocycles. The van der Waals surface area contributed by atoms with Crippen LogP contribution in [0, 0.1) is 20.8 Å². The average Bonchev–Trinajstić information content (AvgIpc) is 3.12. The number of anilines is 1. The molecule has 0 spiro atoms. The summed E-state index contributed by atoms with van der Waals surface area (Å²) in [5, 5.41) is 12.1. The Hall–Kier alpha value is -2.80. The Kier molecular flexibility index (Phi) is 5.81. The molecule has 4 rings (SSSR count). The Morgan fingerprint density at radius 1 is 1.10 bits per heavy atom. The molecule has 0 saturated carbocycles. The molecule has 0 saturated heterocycles. The molecule has 0 fully saturated rings. The first-order chi connectivity index (χ1) is 14.5. The molecule has 0 unspecified atom stereocenters. The third-order valence-electron chi connectivity index (χ3n) is 5.45. The van der Waals surface area contributed by atoms with Crippen molar-refractivity contribution in [1.82, 2.24) is 14.9 Å². The van der Waals surface area contributed by atoms with Crippen molar-refractivity contribution < 1.29 is 4.79 Å². The van der Waals surface area contributed by atoms with Gasteiger partial charge in [0.25, 0.3) is 0 Å². The van der Waals surface area contributed by atoms with E-state index in [2.05, 4.69) is 72.9 Å². The number of hydrogen-bond acceptors (Lipinski definition) is 5. The highest BCUT2D eigenvalue weighted by Crippen LogP contribution is 2.37. The number of amides is 1. The Morgan fingerprint density at radius 3 is 2.57 bits per heavy atom. The lowest BCUT2D eigenvalue weighted by Crippen LogP contribution is -2.41. The third kappa shape index (κ3) is 4.07. The van der Waals surface area contributed by atoms with Crippen LogP contribution in [0.25, 0.3) is 0 Å². The van der Waals surface area contributed by atoms with Crippen molar-refractivity contribution in [3.63, 3.8) is 0 Å². The Bertz CT molecular complexity index is 1060. The van der Waals surface area contributed by atoms with Crippen molar-refractivity contribution in [3.8, 4) is 0 Å². The Morgan fingerprint density at radius 2 is 1.87 bits per heavy atom. The van der Waals surface area contributed by atoms with Crippen LogP contribution in [0.3, 0.4) is 0 Å². The van der Waals surface area contributed by atoms with E-state index in [1.807, 2.05) is 22.9 Å². The standard InChI is InChI=1S/C23H27N5OS/c1-5-6-19-25-26-23-28(19)27-20(17-10-7-14(2)8-11-17)21(30-23)22(29)24-18-12-9-15(3)16(4)13-18/h7-13,20-21,27H,5-6H2,1-4H3,(H,24,29)/t20-,21+/m0/s1. The molecule has 7 heteroatoms. The summed E-state index contributed by atoms with van der Waals surface area (Å²) < 4.78 is 1.94. The number of hydrogen-bond donors (Lipinski definition) is 2. The highest BCUT2D eigenvalue weighted by molar-refractivity contribution is 8.00. The van der Waals surface area contributed by atoms with Crippen LogP contribution < -0.4 is 10.7 Å². The second-order valence-corrected chi connectivity index (χ2v) is 8.94. The van der Waals surface area contributed by atoms with Crippen LogP contribution in [0.5, 0.6) is 0 Å². The van der Waals surface area contributed by atoms with E-state index in [1.165, 1.54) is 22.9 Å². The number of benzene rings is 2. The molecule has 2 heterocycles. The summed E-state index contributed by atoms with van der Waals surface area (Å²) >= 11 is 1.46. The lowest BCUT2D eigenvalue weighted by Gasteiger charge is -2.33.